The van der Waals surface area contributed by atoms with Gasteiger partial charge in [-0.1, -0.05) is 11.3 Å². The van der Waals surface area contributed by atoms with Gasteiger partial charge in [-0.15, -0.1) is 0 Å². The second-order valence-corrected chi connectivity index (χ2v) is 5.89. The van der Waals surface area contributed by atoms with Gasteiger partial charge in [0.05, 0.1) is 19.5 Å². The summed E-state index contributed by atoms with van der Waals surface area (Å²) in [5, 5.41) is 0.0755. The van der Waals surface area contributed by atoms with E-state index in [-0.39, 0.29) is 5.78 Å². The number of thiophene rings is 1. The number of methoxy groups -OCH3 is 2. The number of ether oxygens (including phenoxy) is 2. The maximum atomic E-state index is 12.0. The standard InChI is InChI=1S/C10H14O4S2/c1-6(16(4)12)9(11)10-7(13-2)5-8(14-3)15-10/h5-6H,1-4H3. The van der Waals surface area contributed by atoms with Gasteiger partial charge in [-0.3, -0.25) is 9.00 Å². The van der Waals surface area contributed by atoms with Crippen LogP contribution in [0.3, 0.4) is 0 Å². The van der Waals surface area contributed by atoms with Crippen LogP contribution in [-0.4, -0.2) is 35.7 Å². The predicted molar refractivity (Wildman–Crippen MR) is 65.3 cm³/mol. The van der Waals surface area contributed by atoms with Gasteiger partial charge in [0.1, 0.15) is 10.6 Å². The van der Waals surface area contributed by atoms with Gasteiger partial charge in [0.25, 0.3) is 0 Å². The average molecular weight is 262 g/mol. The zero-order valence-corrected chi connectivity index (χ0v) is 11.2. The zero-order valence-electron chi connectivity index (χ0n) is 9.60. The lowest BCUT2D eigenvalue weighted by molar-refractivity contribution is 0.0994. The number of carbonyl (C=O) groups is 1. The number of rotatable bonds is 5. The van der Waals surface area contributed by atoms with E-state index >= 15 is 0 Å². The molecular formula is C10H14O4S2. The Bertz CT molecular complexity index is 411. The summed E-state index contributed by atoms with van der Waals surface area (Å²) >= 11 is 1.21. The summed E-state index contributed by atoms with van der Waals surface area (Å²) in [6.45, 7) is 1.64. The number of hydrogen-bond acceptors (Lipinski definition) is 5. The summed E-state index contributed by atoms with van der Waals surface area (Å²) in [7, 11) is 1.84. The van der Waals surface area contributed by atoms with E-state index in [2.05, 4.69) is 0 Å². The molecule has 2 atom stereocenters. The summed E-state index contributed by atoms with van der Waals surface area (Å²) in [5.41, 5.74) is 0. The van der Waals surface area contributed by atoms with Crippen LogP contribution in [-0.2, 0) is 10.8 Å². The molecule has 0 bridgehead atoms. The van der Waals surface area contributed by atoms with E-state index < -0.39 is 16.0 Å². The molecule has 6 heteroatoms. The Morgan fingerprint density at radius 2 is 2.06 bits per heavy atom. The van der Waals surface area contributed by atoms with E-state index in [4.69, 9.17) is 9.47 Å². The molecule has 0 fully saturated rings. The van der Waals surface area contributed by atoms with Crippen molar-refractivity contribution in [3.63, 3.8) is 0 Å². The average Bonchev–Trinajstić information content (AvgIpc) is 2.69. The fourth-order valence-electron chi connectivity index (χ4n) is 1.11. The minimum atomic E-state index is -1.18. The highest BCUT2D eigenvalue weighted by Gasteiger charge is 2.24. The SMILES string of the molecule is COc1cc(OC)c(C(=O)C(C)S(C)=O)s1. The first kappa shape index (κ1) is 13.2. The van der Waals surface area contributed by atoms with E-state index in [0.29, 0.717) is 15.7 Å². The molecule has 0 aliphatic carbocycles. The largest absolute Gasteiger partial charge is 0.495 e. The van der Waals surface area contributed by atoms with Crippen LogP contribution in [0.5, 0.6) is 10.8 Å². The van der Waals surface area contributed by atoms with E-state index in [1.807, 2.05) is 0 Å². The van der Waals surface area contributed by atoms with E-state index in [9.17, 15) is 9.00 Å². The quantitative estimate of drug-likeness (QED) is 0.758. The van der Waals surface area contributed by atoms with Crippen molar-refractivity contribution in [3.8, 4) is 10.8 Å². The molecule has 90 valence electrons. The van der Waals surface area contributed by atoms with Gasteiger partial charge in [0.2, 0.25) is 0 Å². The van der Waals surface area contributed by atoms with Crippen molar-refractivity contribution in [1.82, 2.24) is 0 Å². The molecule has 1 rings (SSSR count). The van der Waals surface area contributed by atoms with E-state index in [1.54, 1.807) is 13.0 Å². The molecule has 0 aliphatic rings. The Balaban J connectivity index is 3.07. The normalized spacial score (nSPS) is 14.2. The minimum absolute atomic E-state index is 0.175. The van der Waals surface area contributed by atoms with Gasteiger partial charge in [-0.2, -0.15) is 0 Å². The third-order valence-corrected chi connectivity index (χ3v) is 4.49. The highest BCUT2D eigenvalue weighted by atomic mass is 32.2. The highest BCUT2D eigenvalue weighted by Crippen LogP contribution is 2.35. The van der Waals surface area contributed by atoms with Crippen molar-refractivity contribution in [1.29, 1.82) is 0 Å². The maximum absolute atomic E-state index is 12.0. The molecular weight excluding hydrogens is 248 g/mol. The van der Waals surface area contributed by atoms with Gasteiger partial charge >= 0.3 is 0 Å². The molecule has 1 aromatic rings. The van der Waals surface area contributed by atoms with Gasteiger partial charge in [0, 0.05) is 23.1 Å². The molecule has 2 unspecified atom stereocenters. The van der Waals surface area contributed by atoms with Crippen molar-refractivity contribution < 1.29 is 18.5 Å². The molecule has 0 saturated carbocycles. The lowest BCUT2D eigenvalue weighted by atomic mass is 10.2. The summed E-state index contributed by atoms with van der Waals surface area (Å²) in [5.74, 6) is 0.301. The molecule has 0 N–H and O–H groups in total. The molecule has 1 aromatic heterocycles. The molecule has 0 saturated heterocycles. The van der Waals surface area contributed by atoms with E-state index in [0.717, 1.165) is 0 Å². The van der Waals surface area contributed by atoms with Crippen LogP contribution < -0.4 is 9.47 Å². The molecule has 4 nitrogen and oxygen atoms in total. The molecule has 0 radical (unpaired) electrons. The smallest absolute Gasteiger partial charge is 0.191 e. The number of Topliss-reactive ketones (excluding diaryl/α,β-unsaturated/α-hetero) is 1. The van der Waals surface area contributed by atoms with Crippen LogP contribution in [0.4, 0.5) is 0 Å². The fraction of sp³-hybridized carbons (Fsp3) is 0.500. The van der Waals surface area contributed by atoms with Crippen LogP contribution in [0.2, 0.25) is 0 Å². The molecule has 1 heterocycles. The second kappa shape index (κ2) is 5.45. The lowest BCUT2D eigenvalue weighted by Crippen LogP contribution is -2.21. The van der Waals surface area contributed by atoms with Crippen molar-refractivity contribution in [2.24, 2.45) is 0 Å². The third-order valence-electron chi connectivity index (χ3n) is 2.19. The minimum Gasteiger partial charge on any atom is -0.495 e. The molecule has 0 amide bonds. The van der Waals surface area contributed by atoms with Crippen LogP contribution in [0.15, 0.2) is 6.07 Å². The van der Waals surface area contributed by atoms with Crippen LogP contribution in [0.25, 0.3) is 0 Å². The Kier molecular flexibility index (Phi) is 4.49. The second-order valence-electron chi connectivity index (χ2n) is 3.17. The topological polar surface area (TPSA) is 52.6 Å². The summed E-state index contributed by atoms with van der Waals surface area (Å²) in [6.07, 6.45) is 1.51. The Hall–Kier alpha value is -0.880. The third kappa shape index (κ3) is 2.62. The number of hydrogen-bond donors (Lipinski definition) is 0. The van der Waals surface area contributed by atoms with Gasteiger partial charge < -0.3 is 9.47 Å². The Morgan fingerprint density at radius 3 is 2.50 bits per heavy atom. The first-order chi connectivity index (χ1) is 7.51. The maximum Gasteiger partial charge on any atom is 0.191 e. The summed E-state index contributed by atoms with van der Waals surface area (Å²) < 4.78 is 21.4. The fourth-order valence-corrected chi connectivity index (χ4v) is 2.58. The van der Waals surface area contributed by atoms with Gasteiger partial charge in [0.15, 0.2) is 10.8 Å². The zero-order chi connectivity index (χ0) is 12.3. The first-order valence-corrected chi connectivity index (χ1v) is 7.03. The van der Waals surface area contributed by atoms with Crippen molar-refractivity contribution in [2.75, 3.05) is 20.5 Å². The van der Waals surface area contributed by atoms with E-state index in [1.165, 1.54) is 31.8 Å². The number of ketones is 1. The predicted octanol–water partition coefficient (Wildman–Crippen LogP) is 1.72. The molecule has 0 aliphatic heterocycles. The van der Waals surface area contributed by atoms with Crippen molar-refractivity contribution in [3.05, 3.63) is 10.9 Å². The first-order valence-electron chi connectivity index (χ1n) is 4.59. The van der Waals surface area contributed by atoms with Gasteiger partial charge in [-0.25, -0.2) is 0 Å². The van der Waals surface area contributed by atoms with Crippen LogP contribution in [0.1, 0.15) is 16.6 Å². The number of carbonyl (C=O) groups excluding carboxylic acids is 1. The Morgan fingerprint density at radius 1 is 1.44 bits per heavy atom. The monoisotopic (exact) mass is 262 g/mol. The molecule has 0 spiro atoms. The summed E-state index contributed by atoms with van der Waals surface area (Å²) in [6, 6.07) is 1.66. The van der Waals surface area contributed by atoms with Crippen molar-refractivity contribution in [2.45, 2.75) is 12.2 Å². The summed E-state index contributed by atoms with van der Waals surface area (Å²) in [4.78, 5) is 12.4. The lowest BCUT2D eigenvalue weighted by Gasteiger charge is -2.06. The van der Waals surface area contributed by atoms with Gasteiger partial charge in [-0.05, 0) is 6.92 Å². The molecule has 16 heavy (non-hydrogen) atoms. The molecule has 0 aromatic carbocycles. The Labute approximate surface area is 101 Å². The highest BCUT2D eigenvalue weighted by molar-refractivity contribution is 7.85. The van der Waals surface area contributed by atoms with Crippen molar-refractivity contribution >= 4 is 27.9 Å². The van der Waals surface area contributed by atoms with Crippen LogP contribution >= 0.6 is 11.3 Å². The van der Waals surface area contributed by atoms with Crippen LogP contribution in [0, 0.1) is 0 Å².